The molecule has 1 fully saturated rings. The van der Waals surface area contributed by atoms with E-state index in [9.17, 15) is 0 Å². The molecule has 2 N–H and O–H groups in total. The van der Waals surface area contributed by atoms with Gasteiger partial charge in [-0.2, -0.15) is 0 Å². The van der Waals surface area contributed by atoms with E-state index in [1.165, 1.54) is 5.56 Å². The van der Waals surface area contributed by atoms with Gasteiger partial charge in [-0.15, -0.1) is 0 Å². The summed E-state index contributed by atoms with van der Waals surface area (Å²) in [6.07, 6.45) is 2.66. The van der Waals surface area contributed by atoms with Crippen molar-refractivity contribution in [2.24, 2.45) is 5.73 Å². The Balaban J connectivity index is 2.19. The van der Waals surface area contributed by atoms with Crippen LogP contribution in [-0.2, 0) is 5.41 Å². The minimum atomic E-state index is -0.259. The van der Waals surface area contributed by atoms with Gasteiger partial charge in [-0.05, 0) is 25.0 Å². The van der Waals surface area contributed by atoms with Crippen molar-refractivity contribution in [2.75, 3.05) is 7.11 Å². The normalized spacial score (nSPS) is 29.0. The van der Waals surface area contributed by atoms with E-state index in [1.807, 2.05) is 24.3 Å². The second-order valence-corrected chi connectivity index (χ2v) is 5.43. The van der Waals surface area contributed by atoms with Gasteiger partial charge in [0.15, 0.2) is 0 Å². The second-order valence-electron chi connectivity index (χ2n) is 5.43. The van der Waals surface area contributed by atoms with Gasteiger partial charge in [-0.1, -0.05) is 36.4 Å². The molecule has 2 atom stereocenters. The lowest BCUT2D eigenvalue weighted by molar-refractivity contribution is 0.387. The number of nitrogens with zero attached hydrogens (tertiary/aromatic N) is 1. The van der Waals surface area contributed by atoms with Gasteiger partial charge in [0.05, 0.1) is 7.11 Å². The maximum Gasteiger partial charge on any atom is 0.217 e. The quantitative estimate of drug-likeness (QED) is 0.915. The summed E-state index contributed by atoms with van der Waals surface area (Å²) in [5, 5.41) is 0. The van der Waals surface area contributed by atoms with Crippen molar-refractivity contribution in [1.29, 1.82) is 0 Å². The number of hydrogen-bond donors (Lipinski definition) is 1. The lowest BCUT2D eigenvalue weighted by atomic mass is 9.84. The molecule has 0 aliphatic heterocycles. The number of rotatable bonds is 3. The van der Waals surface area contributed by atoms with E-state index in [1.54, 1.807) is 13.3 Å². The van der Waals surface area contributed by atoms with Crippen LogP contribution < -0.4 is 10.5 Å². The predicted molar refractivity (Wildman–Crippen MR) is 75.2 cm³/mol. The van der Waals surface area contributed by atoms with Crippen LogP contribution in [0.25, 0.3) is 0 Å². The predicted octanol–water partition coefficient (Wildman–Crippen LogP) is 2.50. The van der Waals surface area contributed by atoms with Gasteiger partial charge in [0, 0.05) is 22.7 Å². The number of pyridine rings is 1. The van der Waals surface area contributed by atoms with Crippen molar-refractivity contribution in [3.8, 4) is 5.88 Å². The highest BCUT2D eigenvalue weighted by atomic mass is 16.5. The van der Waals surface area contributed by atoms with E-state index in [2.05, 4.69) is 30.1 Å². The van der Waals surface area contributed by atoms with Crippen molar-refractivity contribution >= 4 is 0 Å². The largest absolute Gasteiger partial charge is 0.481 e. The fourth-order valence-electron chi connectivity index (χ4n) is 3.10. The van der Waals surface area contributed by atoms with Gasteiger partial charge in [0.2, 0.25) is 5.88 Å². The van der Waals surface area contributed by atoms with Gasteiger partial charge < -0.3 is 10.5 Å². The summed E-state index contributed by atoms with van der Waals surface area (Å²) < 4.78 is 5.42. The van der Waals surface area contributed by atoms with E-state index in [4.69, 9.17) is 10.5 Å². The standard InChI is InChI=1S/C16H18N2O/c1-15(17)11-16(15,12-7-4-3-5-8-12)13-9-6-10-18-14(13)19-2/h3-10H,11,17H2,1-2H3. The van der Waals surface area contributed by atoms with Gasteiger partial charge >= 0.3 is 0 Å². The van der Waals surface area contributed by atoms with Crippen LogP contribution >= 0.6 is 0 Å². The Morgan fingerprint density at radius 3 is 2.42 bits per heavy atom. The summed E-state index contributed by atoms with van der Waals surface area (Å²) in [5.74, 6) is 0.667. The highest BCUT2D eigenvalue weighted by molar-refractivity contribution is 5.55. The molecule has 1 saturated carbocycles. The Labute approximate surface area is 113 Å². The first-order chi connectivity index (χ1) is 9.12. The van der Waals surface area contributed by atoms with Crippen LogP contribution in [0.2, 0.25) is 0 Å². The Bertz CT molecular complexity index is 595. The van der Waals surface area contributed by atoms with E-state index >= 15 is 0 Å². The van der Waals surface area contributed by atoms with Crippen LogP contribution in [0.1, 0.15) is 24.5 Å². The average Bonchev–Trinajstić information content (AvgIpc) is 3.04. The van der Waals surface area contributed by atoms with Gasteiger partial charge in [0.1, 0.15) is 0 Å². The molecule has 0 saturated heterocycles. The zero-order valence-corrected chi connectivity index (χ0v) is 11.3. The maximum absolute atomic E-state index is 6.45. The number of aromatic nitrogens is 1. The van der Waals surface area contributed by atoms with E-state index in [0.29, 0.717) is 5.88 Å². The van der Waals surface area contributed by atoms with Crippen molar-refractivity contribution in [3.05, 3.63) is 59.8 Å². The summed E-state index contributed by atoms with van der Waals surface area (Å²) >= 11 is 0. The summed E-state index contributed by atoms with van der Waals surface area (Å²) in [6.45, 7) is 2.09. The third-order valence-corrected chi connectivity index (χ3v) is 4.17. The molecule has 1 heterocycles. The van der Waals surface area contributed by atoms with E-state index in [-0.39, 0.29) is 11.0 Å². The lowest BCUT2D eigenvalue weighted by Crippen LogP contribution is -2.31. The average molecular weight is 254 g/mol. The molecule has 2 unspecified atom stereocenters. The van der Waals surface area contributed by atoms with E-state index in [0.717, 1.165) is 12.0 Å². The molecule has 3 rings (SSSR count). The Morgan fingerprint density at radius 2 is 1.84 bits per heavy atom. The third kappa shape index (κ3) is 1.65. The molecule has 0 spiro atoms. The van der Waals surface area contributed by atoms with Crippen LogP contribution in [0.5, 0.6) is 5.88 Å². The summed E-state index contributed by atoms with van der Waals surface area (Å²) in [6, 6.07) is 14.4. The molecule has 0 radical (unpaired) electrons. The molecular formula is C16H18N2O. The molecule has 98 valence electrons. The molecule has 3 heteroatoms. The summed E-state index contributed by atoms with van der Waals surface area (Å²) in [4.78, 5) is 4.32. The molecule has 2 aromatic rings. The fraction of sp³-hybridized carbons (Fsp3) is 0.312. The zero-order valence-electron chi connectivity index (χ0n) is 11.3. The van der Waals surface area contributed by atoms with Gasteiger partial charge in [-0.25, -0.2) is 4.98 Å². The number of nitrogens with two attached hydrogens (primary N) is 1. The molecule has 3 nitrogen and oxygen atoms in total. The number of benzene rings is 1. The first kappa shape index (κ1) is 12.2. The van der Waals surface area contributed by atoms with Crippen LogP contribution in [0.15, 0.2) is 48.7 Å². The molecule has 1 aromatic carbocycles. The Hall–Kier alpha value is -1.87. The number of hydrogen-bond acceptors (Lipinski definition) is 3. The van der Waals surface area contributed by atoms with Gasteiger partial charge in [0.25, 0.3) is 0 Å². The first-order valence-corrected chi connectivity index (χ1v) is 6.46. The minimum Gasteiger partial charge on any atom is -0.481 e. The summed E-state index contributed by atoms with van der Waals surface area (Å²) in [5.41, 5.74) is 8.31. The molecular weight excluding hydrogens is 236 g/mol. The molecule has 0 bridgehead atoms. The zero-order chi connectivity index (χ0) is 13.5. The second kappa shape index (κ2) is 4.07. The van der Waals surface area contributed by atoms with Crippen LogP contribution in [-0.4, -0.2) is 17.6 Å². The molecule has 1 aliphatic rings. The Morgan fingerprint density at radius 1 is 1.16 bits per heavy atom. The van der Waals surface area contributed by atoms with E-state index < -0.39 is 0 Å². The third-order valence-electron chi connectivity index (χ3n) is 4.17. The number of methoxy groups -OCH3 is 1. The van der Waals surface area contributed by atoms with Gasteiger partial charge in [-0.3, -0.25) is 0 Å². The smallest absolute Gasteiger partial charge is 0.217 e. The van der Waals surface area contributed by atoms with Crippen LogP contribution in [0.4, 0.5) is 0 Å². The molecule has 19 heavy (non-hydrogen) atoms. The fourth-order valence-corrected chi connectivity index (χ4v) is 3.10. The SMILES string of the molecule is COc1ncccc1C1(c2ccccc2)CC1(C)N. The minimum absolute atomic E-state index is 0.187. The first-order valence-electron chi connectivity index (χ1n) is 6.46. The monoisotopic (exact) mass is 254 g/mol. The maximum atomic E-state index is 6.45. The highest BCUT2D eigenvalue weighted by Gasteiger charge is 2.65. The topological polar surface area (TPSA) is 48.1 Å². The van der Waals surface area contributed by atoms with Crippen LogP contribution in [0.3, 0.4) is 0 Å². The molecule has 1 aliphatic carbocycles. The van der Waals surface area contributed by atoms with Crippen molar-refractivity contribution in [1.82, 2.24) is 4.98 Å². The Kier molecular flexibility index (Phi) is 2.61. The molecule has 0 amide bonds. The number of ether oxygens (including phenoxy) is 1. The van der Waals surface area contributed by atoms with Crippen molar-refractivity contribution in [2.45, 2.75) is 24.3 Å². The van der Waals surface area contributed by atoms with Crippen LogP contribution in [0, 0.1) is 0 Å². The molecule has 1 aromatic heterocycles. The van der Waals surface area contributed by atoms with Crippen molar-refractivity contribution in [3.63, 3.8) is 0 Å². The lowest BCUT2D eigenvalue weighted by Gasteiger charge is -2.23. The van der Waals surface area contributed by atoms with Crippen molar-refractivity contribution < 1.29 is 4.74 Å². The highest BCUT2D eigenvalue weighted by Crippen LogP contribution is 2.61. The summed E-state index contributed by atoms with van der Waals surface area (Å²) in [7, 11) is 1.65.